The predicted octanol–water partition coefficient (Wildman–Crippen LogP) is 3.51. The third-order valence-corrected chi connectivity index (χ3v) is 4.58. The van der Waals surface area contributed by atoms with Gasteiger partial charge in [0.05, 0.1) is 5.69 Å². The number of rotatable bonds is 4. The largest absolute Gasteiger partial charge is 0.384 e. The average Bonchev–Trinajstić information content (AvgIpc) is 2.46. The Kier molecular flexibility index (Phi) is 4.63. The first kappa shape index (κ1) is 14.8. The van der Waals surface area contributed by atoms with Gasteiger partial charge in [0, 0.05) is 18.7 Å². The van der Waals surface area contributed by atoms with Gasteiger partial charge in [-0.15, -0.1) is 0 Å². The van der Waals surface area contributed by atoms with Crippen molar-refractivity contribution in [1.29, 1.82) is 5.41 Å². The lowest BCUT2D eigenvalue weighted by atomic mass is 9.84. The predicted molar refractivity (Wildman–Crippen MR) is 81.9 cm³/mol. The van der Waals surface area contributed by atoms with Gasteiger partial charge in [-0.1, -0.05) is 13.3 Å². The quantitative estimate of drug-likeness (QED) is 0.653. The van der Waals surface area contributed by atoms with Gasteiger partial charge in [0.2, 0.25) is 0 Å². The van der Waals surface area contributed by atoms with Crippen molar-refractivity contribution < 1.29 is 4.39 Å². The summed E-state index contributed by atoms with van der Waals surface area (Å²) in [5.74, 6) is 0.448. The Morgan fingerprint density at radius 3 is 2.50 bits per heavy atom. The van der Waals surface area contributed by atoms with Gasteiger partial charge in [0.25, 0.3) is 0 Å². The number of amidine groups is 1. The first-order valence-electron chi connectivity index (χ1n) is 7.39. The van der Waals surface area contributed by atoms with Crippen LogP contribution >= 0.6 is 0 Å². The molecule has 3 N–H and O–H groups in total. The number of nitrogens with zero attached hydrogens (tertiary/aromatic N) is 1. The number of halogens is 1. The van der Waals surface area contributed by atoms with E-state index in [9.17, 15) is 4.39 Å². The number of hydrogen-bond acceptors (Lipinski definition) is 2. The van der Waals surface area contributed by atoms with Gasteiger partial charge in [-0.2, -0.15) is 0 Å². The van der Waals surface area contributed by atoms with Crippen molar-refractivity contribution in [3.63, 3.8) is 0 Å². The molecule has 0 amide bonds. The molecule has 1 aliphatic carbocycles. The van der Waals surface area contributed by atoms with E-state index in [4.69, 9.17) is 11.1 Å². The summed E-state index contributed by atoms with van der Waals surface area (Å²) in [5.41, 5.74) is 6.43. The Labute approximate surface area is 120 Å². The molecular weight excluding hydrogens is 253 g/mol. The number of anilines is 1. The highest BCUT2D eigenvalue weighted by Gasteiger charge is 2.24. The monoisotopic (exact) mass is 277 g/mol. The molecule has 1 saturated carbocycles. The molecule has 0 atom stereocenters. The zero-order chi connectivity index (χ0) is 14.7. The van der Waals surface area contributed by atoms with Gasteiger partial charge in [0.1, 0.15) is 11.7 Å². The van der Waals surface area contributed by atoms with E-state index in [1.165, 1.54) is 25.3 Å². The summed E-state index contributed by atoms with van der Waals surface area (Å²) in [6, 6.07) is 5.22. The normalized spacial score (nSPS) is 22.6. The zero-order valence-electron chi connectivity index (χ0n) is 12.3. The van der Waals surface area contributed by atoms with E-state index in [0.717, 1.165) is 18.8 Å². The highest BCUT2D eigenvalue weighted by atomic mass is 19.1. The lowest BCUT2D eigenvalue weighted by molar-refractivity contribution is 0.312. The van der Waals surface area contributed by atoms with Crippen molar-refractivity contribution in [3.8, 4) is 0 Å². The summed E-state index contributed by atoms with van der Waals surface area (Å²) in [6.07, 6.45) is 5.97. The number of benzene rings is 1. The summed E-state index contributed by atoms with van der Waals surface area (Å²) in [4.78, 5) is 2.05. The molecule has 20 heavy (non-hydrogen) atoms. The fourth-order valence-electron chi connectivity index (χ4n) is 3.10. The number of nitrogens with one attached hydrogen (secondary N) is 1. The lowest BCUT2D eigenvalue weighted by Crippen LogP contribution is -2.35. The van der Waals surface area contributed by atoms with Crippen LogP contribution in [0.25, 0.3) is 0 Å². The molecule has 1 aliphatic rings. The molecule has 0 heterocycles. The van der Waals surface area contributed by atoms with Crippen LogP contribution in [-0.4, -0.2) is 18.9 Å². The maximum atomic E-state index is 14.2. The standard InChI is InChI=1S/C16H24FN3/c1-3-11-4-7-13(8-5-11)20(2)15-9-6-12(16(18)19)10-14(15)17/h6,9-11,13H,3-5,7-8H2,1-2H3,(H3,18,19). The Bertz CT molecular complexity index is 479. The van der Waals surface area contributed by atoms with E-state index in [1.807, 2.05) is 11.9 Å². The molecule has 4 heteroatoms. The first-order chi connectivity index (χ1) is 9.52. The minimum atomic E-state index is -0.294. The van der Waals surface area contributed by atoms with Crippen molar-refractivity contribution in [2.24, 2.45) is 11.7 Å². The molecule has 0 saturated heterocycles. The first-order valence-corrected chi connectivity index (χ1v) is 7.39. The van der Waals surface area contributed by atoms with Crippen LogP contribution in [0, 0.1) is 17.1 Å². The van der Waals surface area contributed by atoms with Gasteiger partial charge in [-0.3, -0.25) is 5.41 Å². The van der Waals surface area contributed by atoms with Crippen LogP contribution in [0.4, 0.5) is 10.1 Å². The summed E-state index contributed by atoms with van der Waals surface area (Å²) in [5, 5.41) is 7.35. The Morgan fingerprint density at radius 2 is 2.00 bits per heavy atom. The van der Waals surface area contributed by atoms with Crippen molar-refractivity contribution in [2.45, 2.75) is 45.1 Å². The third kappa shape index (κ3) is 3.11. The fourth-order valence-corrected chi connectivity index (χ4v) is 3.10. The molecule has 2 rings (SSSR count). The van der Waals surface area contributed by atoms with E-state index in [-0.39, 0.29) is 11.7 Å². The van der Waals surface area contributed by atoms with Crippen LogP contribution in [0.5, 0.6) is 0 Å². The molecule has 0 radical (unpaired) electrons. The summed E-state index contributed by atoms with van der Waals surface area (Å²) < 4.78 is 14.2. The van der Waals surface area contributed by atoms with Crippen molar-refractivity contribution in [3.05, 3.63) is 29.6 Å². The maximum absolute atomic E-state index is 14.2. The highest BCUT2D eigenvalue weighted by molar-refractivity contribution is 5.95. The fraction of sp³-hybridized carbons (Fsp3) is 0.562. The second-order valence-corrected chi connectivity index (χ2v) is 5.77. The van der Waals surface area contributed by atoms with Crippen LogP contribution in [0.2, 0.25) is 0 Å². The number of nitrogen functional groups attached to an aromatic ring is 1. The van der Waals surface area contributed by atoms with Gasteiger partial charge in [0.15, 0.2) is 0 Å². The highest BCUT2D eigenvalue weighted by Crippen LogP contribution is 2.32. The van der Waals surface area contributed by atoms with Crippen molar-refractivity contribution >= 4 is 11.5 Å². The minimum absolute atomic E-state index is 0.0958. The summed E-state index contributed by atoms with van der Waals surface area (Å²) in [6.45, 7) is 2.24. The molecule has 1 fully saturated rings. The maximum Gasteiger partial charge on any atom is 0.147 e. The zero-order valence-corrected chi connectivity index (χ0v) is 12.3. The molecule has 0 spiro atoms. The van der Waals surface area contributed by atoms with Crippen LogP contribution in [0.1, 0.15) is 44.6 Å². The second kappa shape index (κ2) is 6.25. The lowest BCUT2D eigenvalue weighted by Gasteiger charge is -2.36. The van der Waals surface area contributed by atoms with Gasteiger partial charge >= 0.3 is 0 Å². The number of nitrogens with two attached hydrogens (primary N) is 1. The van der Waals surface area contributed by atoms with Crippen molar-refractivity contribution in [1.82, 2.24) is 0 Å². The van der Waals surface area contributed by atoms with Crippen LogP contribution < -0.4 is 10.6 Å². The Balaban J connectivity index is 2.09. The van der Waals surface area contributed by atoms with E-state index in [1.54, 1.807) is 12.1 Å². The Hall–Kier alpha value is -1.58. The molecule has 0 aromatic heterocycles. The molecule has 0 aliphatic heterocycles. The van der Waals surface area contributed by atoms with Crippen LogP contribution in [0.3, 0.4) is 0 Å². The van der Waals surface area contributed by atoms with Gasteiger partial charge in [-0.25, -0.2) is 4.39 Å². The van der Waals surface area contributed by atoms with E-state index in [2.05, 4.69) is 6.92 Å². The van der Waals surface area contributed by atoms with Gasteiger partial charge < -0.3 is 10.6 Å². The smallest absolute Gasteiger partial charge is 0.147 e. The van der Waals surface area contributed by atoms with Crippen LogP contribution in [0.15, 0.2) is 18.2 Å². The van der Waals surface area contributed by atoms with Gasteiger partial charge in [-0.05, 0) is 49.8 Å². The molecule has 0 unspecified atom stereocenters. The SMILES string of the molecule is CCC1CCC(N(C)c2ccc(C(=N)N)cc2F)CC1. The summed E-state index contributed by atoms with van der Waals surface area (Å²) in [7, 11) is 1.96. The van der Waals surface area contributed by atoms with E-state index < -0.39 is 0 Å². The van der Waals surface area contributed by atoms with Crippen molar-refractivity contribution in [2.75, 3.05) is 11.9 Å². The van der Waals surface area contributed by atoms with E-state index in [0.29, 0.717) is 17.3 Å². The molecule has 1 aromatic carbocycles. The summed E-state index contributed by atoms with van der Waals surface area (Å²) >= 11 is 0. The minimum Gasteiger partial charge on any atom is -0.384 e. The third-order valence-electron chi connectivity index (χ3n) is 4.58. The van der Waals surface area contributed by atoms with Crippen LogP contribution in [-0.2, 0) is 0 Å². The van der Waals surface area contributed by atoms with E-state index >= 15 is 0 Å². The molecule has 110 valence electrons. The molecule has 0 bridgehead atoms. The molecular formula is C16H24FN3. The Morgan fingerprint density at radius 1 is 1.35 bits per heavy atom. The second-order valence-electron chi connectivity index (χ2n) is 5.77. The molecule has 3 nitrogen and oxygen atoms in total. The molecule has 1 aromatic rings. The topological polar surface area (TPSA) is 53.1 Å². The number of hydrogen-bond donors (Lipinski definition) is 2. The average molecular weight is 277 g/mol.